The number of rotatable bonds is 4. The Morgan fingerprint density at radius 3 is 2.88 bits per heavy atom. The number of nitriles is 1. The number of nitrogens with one attached hydrogen (secondary N) is 1. The largest absolute Gasteiger partial charge is 0.374 e. The first kappa shape index (κ1) is 17.4. The quantitative estimate of drug-likeness (QED) is 0.828. The molecule has 136 valence electrons. The maximum absolute atomic E-state index is 12.9. The first-order valence-electron chi connectivity index (χ1n) is 9.32. The van der Waals surface area contributed by atoms with Gasteiger partial charge >= 0.3 is 0 Å². The lowest BCUT2D eigenvalue weighted by Crippen LogP contribution is -2.40. The molecule has 3 unspecified atom stereocenters. The summed E-state index contributed by atoms with van der Waals surface area (Å²) in [7, 11) is 1.99. The fourth-order valence-corrected chi connectivity index (χ4v) is 5.40. The molecular formula is C20H24N4OS. The van der Waals surface area contributed by atoms with E-state index in [0.717, 1.165) is 29.1 Å². The molecule has 0 radical (unpaired) electrons. The SMILES string of the molecule is CN(CCC#N)c1ccc(/C=C2\SC3NC4CCCCC4N3C2=O)cc1. The molecule has 2 heterocycles. The first-order chi connectivity index (χ1) is 12.7. The lowest BCUT2D eigenvalue weighted by molar-refractivity contribution is -0.127. The second-order valence-electron chi connectivity index (χ2n) is 7.24. The Hall–Kier alpha value is -1.97. The van der Waals surface area contributed by atoms with Crippen LogP contribution in [-0.2, 0) is 4.79 Å². The molecule has 2 saturated heterocycles. The summed E-state index contributed by atoms with van der Waals surface area (Å²) in [6.45, 7) is 0.718. The monoisotopic (exact) mass is 368 g/mol. The van der Waals surface area contributed by atoms with E-state index < -0.39 is 0 Å². The van der Waals surface area contributed by atoms with Crippen LogP contribution in [0.1, 0.15) is 37.7 Å². The standard InChI is InChI=1S/C20H24N4OS/c1-23(12-4-11-21)15-9-7-14(8-10-15)13-18-19(25)24-17-6-3-2-5-16(17)22-20(24)26-18/h7-10,13,16-17,20,22H,2-6,12H2,1H3/b18-13-. The predicted molar refractivity (Wildman–Crippen MR) is 105 cm³/mol. The number of thioether (sulfide) groups is 1. The maximum Gasteiger partial charge on any atom is 0.262 e. The van der Waals surface area contributed by atoms with Crippen LogP contribution in [0.5, 0.6) is 0 Å². The molecule has 2 aliphatic heterocycles. The number of hydrogen-bond acceptors (Lipinski definition) is 5. The molecule has 26 heavy (non-hydrogen) atoms. The molecule has 1 amide bonds. The highest BCUT2D eigenvalue weighted by Crippen LogP contribution is 2.43. The molecule has 3 fully saturated rings. The molecule has 0 aromatic heterocycles. The second kappa shape index (κ2) is 7.34. The molecule has 1 saturated carbocycles. The van der Waals surface area contributed by atoms with E-state index in [2.05, 4.69) is 21.2 Å². The first-order valence-corrected chi connectivity index (χ1v) is 10.2. The van der Waals surface area contributed by atoms with Gasteiger partial charge in [-0.25, -0.2) is 0 Å². The topological polar surface area (TPSA) is 59.4 Å². The molecule has 0 spiro atoms. The molecule has 1 N–H and O–H groups in total. The van der Waals surface area contributed by atoms with Crippen molar-refractivity contribution in [1.29, 1.82) is 5.26 Å². The van der Waals surface area contributed by atoms with Gasteiger partial charge in [0.1, 0.15) is 5.50 Å². The average molecular weight is 369 g/mol. The lowest BCUT2D eigenvalue weighted by atomic mass is 9.91. The van der Waals surface area contributed by atoms with Gasteiger partial charge in [-0.05, 0) is 36.6 Å². The summed E-state index contributed by atoms with van der Waals surface area (Å²) in [4.78, 5) is 17.9. The Labute approximate surface area is 159 Å². The van der Waals surface area contributed by atoms with E-state index in [1.54, 1.807) is 11.8 Å². The smallest absolute Gasteiger partial charge is 0.262 e. The van der Waals surface area contributed by atoms with Crippen LogP contribution in [-0.4, -0.2) is 42.0 Å². The molecule has 3 atom stereocenters. The molecule has 6 heteroatoms. The minimum atomic E-state index is 0.109. The van der Waals surface area contributed by atoms with Crippen molar-refractivity contribution in [2.45, 2.75) is 49.7 Å². The van der Waals surface area contributed by atoms with E-state index in [9.17, 15) is 4.79 Å². The fourth-order valence-electron chi connectivity index (χ4n) is 4.14. The molecule has 4 rings (SSSR count). The predicted octanol–water partition coefficient (Wildman–Crippen LogP) is 3.15. The molecule has 0 bridgehead atoms. The number of carbonyl (C=O) groups is 1. The zero-order valence-corrected chi connectivity index (χ0v) is 15.8. The summed E-state index contributed by atoms with van der Waals surface area (Å²) >= 11 is 1.65. The summed E-state index contributed by atoms with van der Waals surface area (Å²) in [6.07, 6.45) is 7.32. The van der Waals surface area contributed by atoms with Crippen molar-refractivity contribution in [3.05, 3.63) is 34.7 Å². The van der Waals surface area contributed by atoms with Gasteiger partial charge in [0.25, 0.3) is 5.91 Å². The van der Waals surface area contributed by atoms with Gasteiger partial charge in [0, 0.05) is 31.4 Å². The van der Waals surface area contributed by atoms with Gasteiger partial charge in [-0.3, -0.25) is 10.1 Å². The van der Waals surface area contributed by atoms with Gasteiger partial charge in [-0.15, -0.1) is 0 Å². The van der Waals surface area contributed by atoms with Crippen molar-refractivity contribution in [3.63, 3.8) is 0 Å². The number of amides is 1. The van der Waals surface area contributed by atoms with Gasteiger partial charge in [0.05, 0.1) is 17.4 Å². The van der Waals surface area contributed by atoms with Crippen molar-refractivity contribution in [2.24, 2.45) is 0 Å². The number of nitrogens with zero attached hydrogens (tertiary/aromatic N) is 3. The summed E-state index contributed by atoms with van der Waals surface area (Å²) in [5.41, 5.74) is 2.23. The van der Waals surface area contributed by atoms with Crippen LogP contribution in [0.25, 0.3) is 6.08 Å². The van der Waals surface area contributed by atoms with Gasteiger partial charge in [-0.2, -0.15) is 5.26 Å². The number of anilines is 1. The van der Waals surface area contributed by atoms with E-state index in [1.807, 2.05) is 37.4 Å². The van der Waals surface area contributed by atoms with Gasteiger partial charge < -0.3 is 9.80 Å². The average Bonchev–Trinajstić information content (AvgIpc) is 3.17. The number of hydrogen-bond donors (Lipinski definition) is 1. The van der Waals surface area contributed by atoms with Crippen molar-refractivity contribution < 1.29 is 4.79 Å². The number of fused-ring (bicyclic) bond motifs is 3. The van der Waals surface area contributed by atoms with Crippen LogP contribution in [0.2, 0.25) is 0 Å². The van der Waals surface area contributed by atoms with E-state index in [0.29, 0.717) is 18.5 Å². The zero-order valence-electron chi connectivity index (χ0n) is 15.0. The molecule has 1 aromatic rings. The Balaban J connectivity index is 1.46. The Bertz CT molecular complexity index is 754. The molecule has 1 aliphatic carbocycles. The summed E-state index contributed by atoms with van der Waals surface area (Å²) in [6, 6.07) is 11.2. The molecular weight excluding hydrogens is 344 g/mol. The van der Waals surface area contributed by atoms with Crippen molar-refractivity contribution in [2.75, 3.05) is 18.5 Å². The zero-order chi connectivity index (χ0) is 18.1. The van der Waals surface area contributed by atoms with Crippen molar-refractivity contribution >= 4 is 29.4 Å². The second-order valence-corrected chi connectivity index (χ2v) is 8.36. The van der Waals surface area contributed by atoms with E-state index in [4.69, 9.17) is 5.26 Å². The van der Waals surface area contributed by atoms with Crippen LogP contribution < -0.4 is 10.2 Å². The minimum absolute atomic E-state index is 0.109. The highest BCUT2D eigenvalue weighted by Gasteiger charge is 2.49. The van der Waals surface area contributed by atoms with Crippen LogP contribution in [0.4, 0.5) is 5.69 Å². The Kier molecular flexibility index (Phi) is 4.92. The maximum atomic E-state index is 12.9. The normalized spacial score (nSPS) is 28.8. The van der Waals surface area contributed by atoms with Gasteiger partial charge in [0.15, 0.2) is 0 Å². The highest BCUT2D eigenvalue weighted by molar-refractivity contribution is 8.05. The highest BCUT2D eigenvalue weighted by atomic mass is 32.2. The third-order valence-electron chi connectivity index (χ3n) is 5.57. The lowest BCUT2D eigenvalue weighted by Gasteiger charge is -2.29. The van der Waals surface area contributed by atoms with Crippen LogP contribution in [0, 0.1) is 11.3 Å². The number of carbonyl (C=O) groups excluding carboxylic acids is 1. The van der Waals surface area contributed by atoms with Crippen LogP contribution in [0.3, 0.4) is 0 Å². The summed E-state index contributed by atoms with van der Waals surface area (Å²) < 4.78 is 0. The van der Waals surface area contributed by atoms with Crippen molar-refractivity contribution in [3.8, 4) is 6.07 Å². The third kappa shape index (κ3) is 3.22. The summed E-state index contributed by atoms with van der Waals surface area (Å²) in [5.74, 6) is 0.178. The summed E-state index contributed by atoms with van der Waals surface area (Å²) in [5, 5.41) is 12.3. The van der Waals surface area contributed by atoms with E-state index in [-0.39, 0.29) is 11.4 Å². The number of benzene rings is 1. The van der Waals surface area contributed by atoms with Gasteiger partial charge in [0.2, 0.25) is 0 Å². The minimum Gasteiger partial charge on any atom is -0.374 e. The third-order valence-corrected chi connectivity index (χ3v) is 6.70. The fraction of sp³-hybridized carbons (Fsp3) is 0.500. The van der Waals surface area contributed by atoms with Crippen LogP contribution in [0.15, 0.2) is 29.2 Å². The molecule has 1 aromatic carbocycles. The van der Waals surface area contributed by atoms with Gasteiger partial charge in [-0.1, -0.05) is 36.7 Å². The van der Waals surface area contributed by atoms with E-state index in [1.165, 1.54) is 19.3 Å². The Morgan fingerprint density at radius 1 is 1.35 bits per heavy atom. The van der Waals surface area contributed by atoms with Crippen molar-refractivity contribution in [1.82, 2.24) is 10.2 Å². The Morgan fingerprint density at radius 2 is 2.12 bits per heavy atom. The molecule has 5 nitrogen and oxygen atoms in total. The van der Waals surface area contributed by atoms with Crippen LogP contribution >= 0.6 is 11.8 Å². The molecule has 3 aliphatic rings. The van der Waals surface area contributed by atoms with E-state index >= 15 is 0 Å².